The van der Waals surface area contributed by atoms with Crippen molar-refractivity contribution in [1.29, 1.82) is 0 Å². The van der Waals surface area contributed by atoms with Crippen molar-refractivity contribution in [1.82, 2.24) is 10.2 Å². The summed E-state index contributed by atoms with van der Waals surface area (Å²) in [5.41, 5.74) is -0.537. The van der Waals surface area contributed by atoms with Crippen molar-refractivity contribution < 1.29 is 14.7 Å². The van der Waals surface area contributed by atoms with Crippen LogP contribution in [0.25, 0.3) is 0 Å². The van der Waals surface area contributed by atoms with Gasteiger partial charge < -0.3 is 10.4 Å². The molecule has 2 atom stereocenters. The highest BCUT2D eigenvalue weighted by Crippen LogP contribution is 2.30. The Labute approximate surface area is 139 Å². The van der Waals surface area contributed by atoms with Gasteiger partial charge in [-0.25, -0.2) is 4.79 Å². The second-order valence-electron chi connectivity index (χ2n) is 5.88. The highest BCUT2D eigenvalue weighted by molar-refractivity contribution is 6.35. The third-order valence-electron chi connectivity index (χ3n) is 4.13. The standard InChI is InChI=1S/C15H18Cl2N2O3/c1-8(2)15(3)13(21)19(14(22)18-15)7-12(20)10-5-4-9(16)6-11(10)17/h4-6,8,12,20H,7H2,1-3H3,(H,18,22). The van der Waals surface area contributed by atoms with Crippen LogP contribution in [0.5, 0.6) is 0 Å². The van der Waals surface area contributed by atoms with Crippen molar-refractivity contribution in [2.24, 2.45) is 5.92 Å². The van der Waals surface area contributed by atoms with Crippen LogP contribution < -0.4 is 5.32 Å². The average Bonchev–Trinajstić information content (AvgIpc) is 2.63. The molecule has 2 N–H and O–H groups in total. The zero-order chi connectivity index (χ0) is 16.7. The number of hydrogen-bond donors (Lipinski definition) is 2. The summed E-state index contributed by atoms with van der Waals surface area (Å²) < 4.78 is 0. The molecule has 1 aromatic carbocycles. The minimum Gasteiger partial charge on any atom is -0.386 e. The van der Waals surface area contributed by atoms with E-state index < -0.39 is 17.7 Å². The highest BCUT2D eigenvalue weighted by Gasteiger charge is 2.50. The van der Waals surface area contributed by atoms with Gasteiger partial charge >= 0.3 is 6.03 Å². The van der Waals surface area contributed by atoms with Gasteiger partial charge in [-0.15, -0.1) is 0 Å². The number of aliphatic hydroxyl groups is 1. The lowest BCUT2D eigenvalue weighted by Crippen LogP contribution is -2.48. The molecule has 0 radical (unpaired) electrons. The van der Waals surface area contributed by atoms with E-state index in [9.17, 15) is 14.7 Å². The van der Waals surface area contributed by atoms with Crippen LogP contribution in [0.4, 0.5) is 4.79 Å². The van der Waals surface area contributed by atoms with E-state index in [1.807, 2.05) is 13.8 Å². The molecule has 0 saturated carbocycles. The highest BCUT2D eigenvalue weighted by atomic mass is 35.5. The zero-order valence-electron chi connectivity index (χ0n) is 12.6. The molecule has 2 unspecified atom stereocenters. The molecule has 0 aliphatic carbocycles. The number of nitrogens with zero attached hydrogens (tertiary/aromatic N) is 1. The van der Waals surface area contributed by atoms with Crippen molar-refractivity contribution in [3.05, 3.63) is 33.8 Å². The third-order valence-corrected chi connectivity index (χ3v) is 4.70. The fourth-order valence-electron chi connectivity index (χ4n) is 2.32. The zero-order valence-corrected chi connectivity index (χ0v) is 14.1. The first-order chi connectivity index (χ1) is 10.2. The van der Waals surface area contributed by atoms with Gasteiger partial charge in [-0.3, -0.25) is 9.69 Å². The fraction of sp³-hybridized carbons (Fsp3) is 0.467. The van der Waals surface area contributed by atoms with Crippen LogP contribution in [0.2, 0.25) is 10.0 Å². The maximum atomic E-state index is 12.5. The normalized spacial score (nSPS) is 23.1. The molecule has 0 bridgehead atoms. The number of nitrogens with one attached hydrogen (secondary N) is 1. The number of benzene rings is 1. The molecule has 5 nitrogen and oxygen atoms in total. The minimum atomic E-state index is -1.08. The van der Waals surface area contributed by atoms with Gasteiger partial charge in [-0.2, -0.15) is 0 Å². The second-order valence-corrected chi connectivity index (χ2v) is 6.73. The van der Waals surface area contributed by atoms with Crippen molar-refractivity contribution in [3.8, 4) is 0 Å². The summed E-state index contributed by atoms with van der Waals surface area (Å²) in [4.78, 5) is 25.5. The van der Waals surface area contributed by atoms with E-state index in [1.165, 1.54) is 6.07 Å². The van der Waals surface area contributed by atoms with Gasteiger partial charge in [0.05, 0.1) is 12.6 Å². The van der Waals surface area contributed by atoms with Gasteiger partial charge in [0.2, 0.25) is 0 Å². The van der Waals surface area contributed by atoms with Crippen LogP contribution in [0.15, 0.2) is 18.2 Å². The monoisotopic (exact) mass is 344 g/mol. The summed E-state index contributed by atoms with van der Waals surface area (Å²) in [5, 5.41) is 13.7. The number of carbonyl (C=O) groups excluding carboxylic acids is 2. The maximum Gasteiger partial charge on any atom is 0.325 e. The summed E-state index contributed by atoms with van der Waals surface area (Å²) in [6, 6.07) is 4.17. The van der Waals surface area contributed by atoms with E-state index in [-0.39, 0.29) is 18.4 Å². The molecule has 7 heteroatoms. The summed E-state index contributed by atoms with van der Waals surface area (Å²) in [7, 11) is 0. The summed E-state index contributed by atoms with van der Waals surface area (Å²) >= 11 is 11.9. The Bertz CT molecular complexity index is 621. The predicted molar refractivity (Wildman–Crippen MR) is 84.9 cm³/mol. The first kappa shape index (κ1) is 17.1. The van der Waals surface area contributed by atoms with Crippen LogP contribution in [0.1, 0.15) is 32.4 Å². The summed E-state index contributed by atoms with van der Waals surface area (Å²) in [6.07, 6.45) is -1.08. The average molecular weight is 345 g/mol. The molecule has 0 spiro atoms. The van der Waals surface area contributed by atoms with Crippen LogP contribution in [-0.2, 0) is 4.79 Å². The Morgan fingerprint density at radius 1 is 1.32 bits per heavy atom. The van der Waals surface area contributed by atoms with Crippen LogP contribution in [0, 0.1) is 5.92 Å². The molecule has 1 heterocycles. The smallest absolute Gasteiger partial charge is 0.325 e. The van der Waals surface area contributed by atoms with Crippen LogP contribution in [0.3, 0.4) is 0 Å². The van der Waals surface area contributed by atoms with Crippen LogP contribution >= 0.6 is 23.2 Å². The quantitative estimate of drug-likeness (QED) is 0.825. The lowest BCUT2D eigenvalue weighted by Gasteiger charge is -2.26. The Hall–Kier alpha value is -1.30. The maximum absolute atomic E-state index is 12.5. The number of hydrogen-bond acceptors (Lipinski definition) is 3. The lowest BCUT2D eigenvalue weighted by molar-refractivity contribution is -0.133. The molecule has 1 aromatic rings. The molecule has 120 valence electrons. The fourth-order valence-corrected chi connectivity index (χ4v) is 2.85. The molecule has 2 rings (SSSR count). The number of amides is 3. The SMILES string of the molecule is CC(C)C1(C)NC(=O)N(CC(O)c2ccc(Cl)cc2Cl)C1=O. The van der Waals surface area contributed by atoms with Gasteiger partial charge in [0, 0.05) is 15.6 Å². The number of aliphatic hydroxyl groups excluding tert-OH is 1. The Morgan fingerprint density at radius 3 is 2.45 bits per heavy atom. The van der Waals surface area contributed by atoms with E-state index >= 15 is 0 Å². The molecule has 22 heavy (non-hydrogen) atoms. The van der Waals surface area contributed by atoms with Gasteiger partial charge in [0.25, 0.3) is 5.91 Å². The largest absolute Gasteiger partial charge is 0.386 e. The van der Waals surface area contributed by atoms with E-state index in [0.29, 0.717) is 15.6 Å². The molecule has 3 amide bonds. The van der Waals surface area contributed by atoms with Crippen LogP contribution in [-0.4, -0.2) is 34.0 Å². The number of imide groups is 1. The minimum absolute atomic E-state index is 0.0646. The topological polar surface area (TPSA) is 69.6 Å². The van der Waals surface area contributed by atoms with Gasteiger partial charge in [0.15, 0.2) is 0 Å². The molecule has 0 aromatic heterocycles. The van der Waals surface area contributed by atoms with Gasteiger partial charge in [-0.05, 0) is 25.0 Å². The molecule has 1 fully saturated rings. The summed E-state index contributed by atoms with van der Waals surface area (Å²) in [5.74, 6) is -0.415. The van der Waals surface area contributed by atoms with E-state index in [4.69, 9.17) is 23.2 Å². The number of halogens is 2. The second kappa shape index (κ2) is 6.07. The van der Waals surface area contributed by atoms with Crippen molar-refractivity contribution >= 4 is 35.1 Å². The van der Waals surface area contributed by atoms with Gasteiger partial charge in [-0.1, -0.05) is 43.1 Å². The molecular formula is C15H18Cl2N2O3. The lowest BCUT2D eigenvalue weighted by atomic mass is 9.88. The van der Waals surface area contributed by atoms with E-state index in [2.05, 4.69) is 5.32 Å². The van der Waals surface area contributed by atoms with E-state index in [1.54, 1.807) is 19.1 Å². The number of β-amino-alcohol motifs (C(OH)–C–C–N with tert-alkyl or cyclic N) is 1. The Morgan fingerprint density at radius 2 is 1.95 bits per heavy atom. The first-order valence-electron chi connectivity index (χ1n) is 6.94. The van der Waals surface area contributed by atoms with Crippen molar-refractivity contribution in [2.45, 2.75) is 32.4 Å². The molecule has 1 aliphatic rings. The van der Waals surface area contributed by atoms with Gasteiger partial charge in [0.1, 0.15) is 5.54 Å². The number of carbonyl (C=O) groups is 2. The van der Waals surface area contributed by atoms with E-state index in [0.717, 1.165) is 4.90 Å². The molecule has 1 saturated heterocycles. The van der Waals surface area contributed by atoms with Crippen molar-refractivity contribution in [2.75, 3.05) is 6.54 Å². The first-order valence-corrected chi connectivity index (χ1v) is 7.69. The number of urea groups is 1. The van der Waals surface area contributed by atoms with Crippen molar-refractivity contribution in [3.63, 3.8) is 0 Å². The number of rotatable bonds is 4. The Kier molecular flexibility index (Phi) is 4.70. The molecular weight excluding hydrogens is 327 g/mol. The third kappa shape index (κ3) is 2.93. The predicted octanol–water partition coefficient (Wildman–Crippen LogP) is 2.99. The molecule has 1 aliphatic heterocycles. The Balaban J connectivity index is 2.20. The summed E-state index contributed by atoms with van der Waals surface area (Å²) in [6.45, 7) is 5.23.